The Morgan fingerprint density at radius 3 is 0.811 bits per heavy atom. The Balaban J connectivity index is 0.000000500. The van der Waals surface area contributed by atoms with Crippen molar-refractivity contribution >= 4 is 28.0 Å². The van der Waals surface area contributed by atoms with E-state index in [1.165, 1.54) is 5.56 Å². The van der Waals surface area contributed by atoms with Crippen molar-refractivity contribution in [2.75, 3.05) is 0 Å². The molecule has 0 fully saturated rings. The van der Waals surface area contributed by atoms with E-state index in [2.05, 4.69) is 26.7 Å². The van der Waals surface area contributed by atoms with Crippen molar-refractivity contribution in [3.8, 4) is 0 Å². The molecule has 0 N–H and O–H groups in total. The Hall–Kier alpha value is -7.06. The maximum Gasteiger partial charge on any atom is 0.416 e. The SMILES string of the molecule is FC(F)(F)c1cc([B-](c2cc(C(F)(F)F)cc(C(F)(F)F)c2)(c2cc(C(F)(F)F)cc(C(F)(F)F)c2)c2cc(C(F)(F)F)cc(C(F)(F)F)c2)cc(C(F)(F)F)c1.[N-]=[N+]=NCc1cc[n+](Cc2ccccc2)cc1. The predicted octanol–water partition coefficient (Wildman–Crippen LogP) is 14.0. The van der Waals surface area contributed by atoms with E-state index < -0.39 is 195 Å². The van der Waals surface area contributed by atoms with Gasteiger partial charge in [-0.3, -0.25) is 0 Å². The topological polar surface area (TPSA) is 52.6 Å². The van der Waals surface area contributed by atoms with Crippen LogP contribution in [0.15, 0.2) is 133 Å². The number of benzene rings is 5. The fraction of sp³-hybridized carbons (Fsp3) is 0.222. The van der Waals surface area contributed by atoms with Crippen molar-refractivity contribution in [1.82, 2.24) is 0 Å². The van der Waals surface area contributed by atoms with Crippen LogP contribution in [-0.4, -0.2) is 6.15 Å². The van der Waals surface area contributed by atoms with Gasteiger partial charge in [0.15, 0.2) is 18.9 Å². The van der Waals surface area contributed by atoms with Gasteiger partial charge in [0.05, 0.1) is 51.1 Å². The molecule has 4 nitrogen and oxygen atoms in total. The molecule has 0 aliphatic carbocycles. The predicted molar refractivity (Wildman–Crippen MR) is 215 cm³/mol. The minimum Gasteiger partial charge on any atom is -0.201 e. The third-order valence-corrected chi connectivity index (χ3v) is 10.9. The lowest BCUT2D eigenvalue weighted by Crippen LogP contribution is -2.75. The van der Waals surface area contributed by atoms with Crippen LogP contribution >= 0.6 is 0 Å². The van der Waals surface area contributed by atoms with E-state index in [0.29, 0.717) is 6.54 Å². The normalized spacial score (nSPS) is 13.2. The number of hydrogen-bond acceptors (Lipinski definition) is 1. The van der Waals surface area contributed by atoms with Crippen LogP contribution < -0.4 is 26.4 Å². The summed E-state index contributed by atoms with van der Waals surface area (Å²) in [6.07, 6.45) is -50.8. The molecule has 0 amide bonds. The van der Waals surface area contributed by atoms with Gasteiger partial charge in [-0.05, 0) is 35.4 Å². The monoisotopic (exact) mass is 1090 g/mol. The van der Waals surface area contributed by atoms with E-state index in [1.54, 1.807) is 0 Å². The van der Waals surface area contributed by atoms with Gasteiger partial charge in [-0.15, -0.1) is 0 Å². The van der Waals surface area contributed by atoms with E-state index in [4.69, 9.17) is 5.53 Å². The third kappa shape index (κ3) is 13.8. The number of aromatic nitrogens is 1. The molecule has 6 rings (SSSR count). The first kappa shape index (κ1) is 57.8. The molecular weight excluding hydrogens is 1060 g/mol. The zero-order valence-electron chi connectivity index (χ0n) is 36.0. The van der Waals surface area contributed by atoms with Crippen LogP contribution in [0.5, 0.6) is 0 Å². The van der Waals surface area contributed by atoms with Gasteiger partial charge in [0.25, 0.3) is 0 Å². The summed E-state index contributed by atoms with van der Waals surface area (Å²) in [4.78, 5) is 2.74. The highest BCUT2D eigenvalue weighted by molar-refractivity contribution is 7.20. The molecule has 5 aromatic carbocycles. The molecule has 0 saturated carbocycles. The van der Waals surface area contributed by atoms with Crippen LogP contribution in [0.1, 0.15) is 55.6 Å². The number of rotatable bonds is 8. The highest BCUT2D eigenvalue weighted by Gasteiger charge is 2.47. The van der Waals surface area contributed by atoms with Gasteiger partial charge in [0.2, 0.25) is 0 Å². The average molecular weight is 1090 g/mol. The minimum atomic E-state index is -6.13. The molecule has 0 bridgehead atoms. The Labute approximate surface area is 399 Å². The Morgan fingerprint density at radius 1 is 0.351 bits per heavy atom. The largest absolute Gasteiger partial charge is 0.416 e. The fourth-order valence-electron chi connectivity index (χ4n) is 7.68. The minimum absolute atomic E-state index is 0.405. The molecule has 29 heteroatoms. The smallest absolute Gasteiger partial charge is 0.201 e. The van der Waals surface area contributed by atoms with Crippen molar-refractivity contribution in [1.29, 1.82) is 0 Å². The maximum absolute atomic E-state index is 14.2. The van der Waals surface area contributed by atoms with E-state index in [-0.39, 0.29) is 0 Å². The first-order valence-corrected chi connectivity index (χ1v) is 20.0. The second kappa shape index (κ2) is 20.3. The summed E-state index contributed by atoms with van der Waals surface area (Å²) in [7, 11) is 0. The lowest BCUT2D eigenvalue weighted by molar-refractivity contribution is -0.688. The van der Waals surface area contributed by atoms with Gasteiger partial charge in [-0.25, -0.2) is 4.57 Å². The third-order valence-electron chi connectivity index (χ3n) is 10.9. The molecule has 0 aliphatic rings. The highest BCUT2D eigenvalue weighted by Crippen LogP contribution is 2.41. The van der Waals surface area contributed by atoms with Crippen LogP contribution in [-0.2, 0) is 62.5 Å². The molecule has 396 valence electrons. The second-order valence-corrected chi connectivity index (χ2v) is 16.0. The Morgan fingerprint density at radius 2 is 0.595 bits per heavy atom. The average Bonchev–Trinajstić information content (AvgIpc) is 3.27. The van der Waals surface area contributed by atoms with Gasteiger partial charge in [0, 0.05) is 22.6 Å². The number of pyridine rings is 1. The van der Waals surface area contributed by atoms with Crippen LogP contribution in [0.25, 0.3) is 10.4 Å². The highest BCUT2D eigenvalue weighted by atomic mass is 19.4. The molecule has 0 atom stereocenters. The van der Waals surface area contributed by atoms with Crippen LogP contribution in [0, 0.1) is 0 Å². The van der Waals surface area contributed by atoms with Crippen LogP contribution in [0.4, 0.5) is 105 Å². The molecule has 6 aromatic rings. The number of halogens is 24. The number of alkyl halides is 24. The van der Waals surface area contributed by atoms with E-state index >= 15 is 0 Å². The van der Waals surface area contributed by atoms with Crippen LogP contribution in [0.2, 0.25) is 0 Å². The zero-order valence-corrected chi connectivity index (χ0v) is 36.0. The fourth-order valence-corrected chi connectivity index (χ4v) is 7.68. The molecule has 1 heterocycles. The lowest BCUT2D eigenvalue weighted by Gasteiger charge is -2.46. The van der Waals surface area contributed by atoms with Gasteiger partial charge in [-0.2, -0.15) is 127 Å². The molecule has 0 saturated heterocycles. The molecule has 0 unspecified atom stereocenters. The number of hydrogen-bond donors (Lipinski definition) is 0. The summed E-state index contributed by atoms with van der Waals surface area (Å²) in [6.45, 7) is 1.26. The lowest BCUT2D eigenvalue weighted by atomic mass is 9.12. The van der Waals surface area contributed by atoms with Crippen LogP contribution in [0.3, 0.4) is 0 Å². The summed E-state index contributed by atoms with van der Waals surface area (Å²) < 4.78 is 343. The molecule has 0 aliphatic heterocycles. The van der Waals surface area contributed by atoms with Gasteiger partial charge in [-0.1, -0.05) is 84.0 Å². The van der Waals surface area contributed by atoms with E-state index in [1.807, 2.05) is 42.7 Å². The molecular formula is C45H25BF24N4. The summed E-state index contributed by atoms with van der Waals surface area (Å²) in [6, 6.07) is 5.40. The quantitative estimate of drug-likeness (QED) is 0.0364. The molecule has 0 radical (unpaired) electrons. The van der Waals surface area contributed by atoms with Crippen molar-refractivity contribution in [3.63, 3.8) is 0 Å². The van der Waals surface area contributed by atoms with Crippen molar-refractivity contribution in [2.24, 2.45) is 5.11 Å². The van der Waals surface area contributed by atoms with Gasteiger partial charge >= 0.3 is 49.4 Å². The second-order valence-electron chi connectivity index (χ2n) is 16.0. The number of nitrogens with zero attached hydrogens (tertiary/aromatic N) is 4. The van der Waals surface area contributed by atoms with Crippen molar-refractivity contribution in [3.05, 3.63) is 194 Å². The van der Waals surface area contributed by atoms with Crippen molar-refractivity contribution in [2.45, 2.75) is 62.5 Å². The molecule has 74 heavy (non-hydrogen) atoms. The van der Waals surface area contributed by atoms with E-state index in [0.717, 1.165) is 12.1 Å². The summed E-state index contributed by atoms with van der Waals surface area (Å²) >= 11 is 0. The standard InChI is InChI=1S/C32H12BF24.C13H13N4/c34-25(35,36)13-1-14(26(37,38)39)6-21(5-13)33(22-7-15(27(40,41)42)2-16(8-22)28(43,44)45,23-9-17(29(46,47)48)3-18(10-23)30(49,50)51)24-11-19(31(52,53)54)4-20(12-24)32(55,56)57;14-16-15-10-12-6-8-17(9-7-12)11-13-4-2-1-3-5-13/h1-12H;1-9H,10-11H2/q-1;+1. The first-order valence-electron chi connectivity index (χ1n) is 20.0. The van der Waals surface area contributed by atoms with Crippen molar-refractivity contribution < 1.29 is 110 Å². The zero-order chi connectivity index (χ0) is 55.8. The number of azide groups is 1. The van der Waals surface area contributed by atoms with Gasteiger partial charge < -0.3 is 0 Å². The molecule has 0 spiro atoms. The maximum atomic E-state index is 14.2. The first-order chi connectivity index (χ1) is 33.6. The van der Waals surface area contributed by atoms with E-state index in [9.17, 15) is 105 Å². The summed E-state index contributed by atoms with van der Waals surface area (Å²) in [5.74, 6) is 0. The Kier molecular flexibility index (Phi) is 15.9. The molecule has 1 aromatic heterocycles. The Bertz CT molecular complexity index is 2560. The summed E-state index contributed by atoms with van der Waals surface area (Å²) in [5.41, 5.74) is -19.7. The van der Waals surface area contributed by atoms with Gasteiger partial charge in [0.1, 0.15) is 6.15 Å². The summed E-state index contributed by atoms with van der Waals surface area (Å²) in [5, 5.41) is 3.53.